The van der Waals surface area contributed by atoms with Crippen molar-refractivity contribution in [3.63, 3.8) is 0 Å². The van der Waals surface area contributed by atoms with Gasteiger partial charge in [-0.15, -0.1) is 13.2 Å². The van der Waals surface area contributed by atoms with Crippen molar-refractivity contribution in [3.8, 4) is 5.75 Å². The number of hydrogen-bond acceptors (Lipinski definition) is 4. The van der Waals surface area contributed by atoms with E-state index in [4.69, 9.17) is 9.15 Å². The first kappa shape index (κ1) is 18.7. The Hall–Kier alpha value is -3.05. The average molecular weight is 364 g/mol. The molecule has 3 aromatic rings. The van der Waals surface area contributed by atoms with Crippen LogP contribution in [-0.2, 0) is 4.79 Å². The van der Waals surface area contributed by atoms with E-state index >= 15 is 0 Å². The number of carbonyl (C=O) groups is 1. The third-order valence-electron chi connectivity index (χ3n) is 4.61. The monoisotopic (exact) mass is 364 g/mol. The second-order valence-corrected chi connectivity index (χ2v) is 6.34. The van der Waals surface area contributed by atoms with Crippen molar-refractivity contribution < 1.29 is 13.9 Å². The minimum Gasteiger partial charge on any atom is -0.495 e. The topological polar surface area (TPSA) is 54.7 Å². The van der Waals surface area contributed by atoms with Gasteiger partial charge in [0.05, 0.1) is 18.8 Å². The number of nitrogens with one attached hydrogen (secondary N) is 1. The summed E-state index contributed by atoms with van der Waals surface area (Å²) in [5.74, 6) is 0.459. The zero-order valence-corrected chi connectivity index (χ0v) is 15.7. The first-order valence-corrected chi connectivity index (χ1v) is 8.85. The van der Waals surface area contributed by atoms with E-state index in [0.29, 0.717) is 30.1 Å². The summed E-state index contributed by atoms with van der Waals surface area (Å²) in [6, 6.07) is 11.2. The van der Waals surface area contributed by atoms with E-state index in [1.165, 1.54) is 0 Å². The molecule has 0 aliphatic heterocycles. The van der Waals surface area contributed by atoms with Crippen molar-refractivity contribution >= 4 is 33.5 Å². The van der Waals surface area contributed by atoms with Crippen LogP contribution in [0.4, 0.5) is 5.69 Å². The number of hydrogen-bond donors (Lipinski definition) is 1. The molecule has 1 heterocycles. The normalized spacial score (nSPS) is 12.3. The molecule has 0 aliphatic carbocycles. The maximum atomic E-state index is 12.8. The lowest BCUT2D eigenvalue weighted by molar-refractivity contribution is -0.120. The number of ether oxygens (including phenoxy) is 1. The number of benzene rings is 2. The largest absolute Gasteiger partial charge is 0.495 e. The third kappa shape index (κ3) is 3.73. The molecule has 1 N–H and O–H groups in total. The molecule has 0 radical (unpaired) electrons. The Morgan fingerprint density at radius 3 is 2.56 bits per heavy atom. The molecule has 0 unspecified atom stereocenters. The van der Waals surface area contributed by atoms with Crippen molar-refractivity contribution in [1.29, 1.82) is 0 Å². The Balaban J connectivity index is 1.93. The van der Waals surface area contributed by atoms with Gasteiger partial charge in [0, 0.05) is 29.9 Å². The predicted molar refractivity (Wildman–Crippen MR) is 110 cm³/mol. The molecule has 2 aromatic carbocycles. The minimum absolute atomic E-state index is 0.132. The standard InChI is InChI=1S/C22H24N2O3/c1-5-11-24(12-6-2)15(3)22(25)23-18-14-20-17(13-21(18)26-4)16-9-7-8-10-19(16)27-20/h5-10,13-15H,1-2,11-12H2,3-4H3,(H,23,25)/t15-/m0/s1. The molecule has 1 amide bonds. The maximum Gasteiger partial charge on any atom is 0.241 e. The van der Waals surface area contributed by atoms with Crippen LogP contribution >= 0.6 is 0 Å². The fourth-order valence-corrected chi connectivity index (χ4v) is 3.14. The van der Waals surface area contributed by atoms with Crippen molar-refractivity contribution in [2.24, 2.45) is 0 Å². The fraction of sp³-hybridized carbons (Fsp3) is 0.227. The van der Waals surface area contributed by atoms with E-state index in [9.17, 15) is 4.79 Å². The summed E-state index contributed by atoms with van der Waals surface area (Å²) in [6.45, 7) is 10.6. The first-order valence-electron chi connectivity index (χ1n) is 8.85. The van der Waals surface area contributed by atoms with Crippen LogP contribution in [0.3, 0.4) is 0 Å². The summed E-state index contributed by atoms with van der Waals surface area (Å²) >= 11 is 0. The molecule has 1 atom stereocenters. The van der Waals surface area contributed by atoms with Gasteiger partial charge >= 0.3 is 0 Å². The second kappa shape index (κ2) is 8.10. The van der Waals surface area contributed by atoms with Gasteiger partial charge in [-0.25, -0.2) is 0 Å². The third-order valence-corrected chi connectivity index (χ3v) is 4.61. The van der Waals surface area contributed by atoms with E-state index in [-0.39, 0.29) is 11.9 Å². The van der Waals surface area contributed by atoms with Gasteiger partial charge in [-0.3, -0.25) is 9.69 Å². The van der Waals surface area contributed by atoms with Crippen LogP contribution in [0.15, 0.2) is 66.1 Å². The molecule has 3 rings (SSSR count). The maximum absolute atomic E-state index is 12.8. The molecule has 0 saturated carbocycles. The van der Waals surface area contributed by atoms with Crippen LogP contribution < -0.4 is 10.1 Å². The molecule has 0 bridgehead atoms. The second-order valence-electron chi connectivity index (χ2n) is 6.34. The van der Waals surface area contributed by atoms with Crippen LogP contribution in [0.25, 0.3) is 21.9 Å². The fourth-order valence-electron chi connectivity index (χ4n) is 3.14. The lowest BCUT2D eigenvalue weighted by atomic mass is 10.1. The molecule has 5 heteroatoms. The molecule has 0 spiro atoms. The Labute approximate surface area is 158 Å². The highest BCUT2D eigenvalue weighted by atomic mass is 16.5. The van der Waals surface area contributed by atoms with E-state index in [1.54, 1.807) is 19.3 Å². The zero-order valence-electron chi connectivity index (χ0n) is 15.7. The van der Waals surface area contributed by atoms with Crippen molar-refractivity contribution in [2.45, 2.75) is 13.0 Å². The van der Waals surface area contributed by atoms with Crippen molar-refractivity contribution in [1.82, 2.24) is 4.90 Å². The predicted octanol–water partition coefficient (Wildman–Crippen LogP) is 4.60. The number of para-hydroxylation sites is 1. The Bertz CT molecular complexity index is 980. The highest BCUT2D eigenvalue weighted by molar-refractivity contribution is 6.08. The highest BCUT2D eigenvalue weighted by Crippen LogP contribution is 2.36. The summed E-state index contributed by atoms with van der Waals surface area (Å²) < 4.78 is 11.4. The molecule has 27 heavy (non-hydrogen) atoms. The van der Waals surface area contributed by atoms with Crippen LogP contribution in [0.5, 0.6) is 5.75 Å². The van der Waals surface area contributed by atoms with Gasteiger partial charge in [0.15, 0.2) is 0 Å². The van der Waals surface area contributed by atoms with Gasteiger partial charge in [-0.2, -0.15) is 0 Å². The SMILES string of the molecule is C=CCN(CC=C)[C@@H](C)C(=O)Nc1cc2oc3ccccc3c2cc1OC. The van der Waals surface area contributed by atoms with Gasteiger partial charge in [0.1, 0.15) is 16.9 Å². The molecule has 140 valence electrons. The average Bonchev–Trinajstić information content (AvgIpc) is 3.03. The summed E-state index contributed by atoms with van der Waals surface area (Å²) in [6.07, 6.45) is 3.54. The van der Waals surface area contributed by atoms with Crippen molar-refractivity contribution in [3.05, 3.63) is 61.7 Å². The number of anilines is 1. The number of rotatable bonds is 8. The van der Waals surface area contributed by atoms with Gasteiger partial charge in [-0.05, 0) is 19.1 Å². The molecule has 5 nitrogen and oxygen atoms in total. The lowest BCUT2D eigenvalue weighted by Crippen LogP contribution is -2.42. The quantitative estimate of drug-likeness (QED) is 0.594. The van der Waals surface area contributed by atoms with E-state index < -0.39 is 0 Å². The smallest absolute Gasteiger partial charge is 0.241 e. The first-order chi connectivity index (χ1) is 13.1. The molecule has 0 saturated heterocycles. The van der Waals surface area contributed by atoms with Crippen LogP contribution in [-0.4, -0.2) is 37.0 Å². The summed E-state index contributed by atoms with van der Waals surface area (Å²) in [5, 5.41) is 4.93. The highest BCUT2D eigenvalue weighted by Gasteiger charge is 2.21. The Morgan fingerprint density at radius 2 is 1.89 bits per heavy atom. The number of carbonyl (C=O) groups excluding carboxylic acids is 1. The number of methoxy groups -OCH3 is 1. The van der Waals surface area contributed by atoms with E-state index in [2.05, 4.69) is 18.5 Å². The van der Waals surface area contributed by atoms with Gasteiger partial charge in [-0.1, -0.05) is 30.4 Å². The molecular formula is C22H24N2O3. The molecule has 0 aliphatic rings. The van der Waals surface area contributed by atoms with Gasteiger partial charge in [0.2, 0.25) is 5.91 Å². The van der Waals surface area contributed by atoms with Gasteiger partial charge in [0.25, 0.3) is 0 Å². The number of amides is 1. The van der Waals surface area contributed by atoms with Crippen LogP contribution in [0.2, 0.25) is 0 Å². The Kier molecular flexibility index (Phi) is 5.62. The lowest BCUT2D eigenvalue weighted by Gasteiger charge is -2.26. The minimum atomic E-state index is -0.350. The van der Waals surface area contributed by atoms with Gasteiger partial charge < -0.3 is 14.5 Å². The molecular weight excluding hydrogens is 340 g/mol. The molecule has 0 fully saturated rings. The van der Waals surface area contributed by atoms with Crippen molar-refractivity contribution in [2.75, 3.05) is 25.5 Å². The summed E-state index contributed by atoms with van der Waals surface area (Å²) in [5.41, 5.74) is 2.08. The molecule has 1 aromatic heterocycles. The van der Waals surface area contributed by atoms with E-state index in [0.717, 1.165) is 16.4 Å². The Morgan fingerprint density at radius 1 is 1.19 bits per heavy atom. The number of fused-ring (bicyclic) bond motifs is 3. The summed E-state index contributed by atoms with van der Waals surface area (Å²) in [4.78, 5) is 14.7. The van der Waals surface area contributed by atoms with Crippen LogP contribution in [0.1, 0.15) is 6.92 Å². The summed E-state index contributed by atoms with van der Waals surface area (Å²) in [7, 11) is 1.59. The van der Waals surface area contributed by atoms with E-state index in [1.807, 2.05) is 48.2 Å². The number of nitrogens with zero attached hydrogens (tertiary/aromatic N) is 1. The van der Waals surface area contributed by atoms with Crippen LogP contribution in [0, 0.1) is 0 Å². The number of furan rings is 1. The zero-order chi connectivity index (χ0) is 19.4.